The molecular formula is C20H20ClN5O. The summed E-state index contributed by atoms with van der Waals surface area (Å²) in [6.45, 7) is 1.51. The van der Waals surface area contributed by atoms with Crippen LogP contribution in [0.15, 0.2) is 48.8 Å². The molecule has 0 atom stereocenters. The van der Waals surface area contributed by atoms with Gasteiger partial charge in [-0.1, -0.05) is 41.8 Å². The van der Waals surface area contributed by atoms with E-state index >= 15 is 0 Å². The third-order valence-corrected chi connectivity index (χ3v) is 5.10. The lowest BCUT2D eigenvalue weighted by atomic mass is 10.1. The minimum Gasteiger partial charge on any atom is -0.337 e. The quantitative estimate of drug-likeness (QED) is 0.687. The standard InChI is InChI=1S/C20H20ClN5O/c21-16-9-3-4-10-17(16)26-19(15-8-7-11-22-14-15)18(23-24-26)20(27)25-12-5-1-2-6-13-25/h3-4,7-11,14H,1-2,5-6,12-13H2. The molecular weight excluding hydrogens is 362 g/mol. The normalized spacial score (nSPS) is 14.8. The molecule has 1 aliphatic heterocycles. The summed E-state index contributed by atoms with van der Waals surface area (Å²) in [6, 6.07) is 11.1. The molecule has 0 N–H and O–H groups in total. The summed E-state index contributed by atoms with van der Waals surface area (Å²) in [5.74, 6) is -0.0888. The van der Waals surface area contributed by atoms with E-state index in [0.29, 0.717) is 22.1 Å². The summed E-state index contributed by atoms with van der Waals surface area (Å²) >= 11 is 6.38. The smallest absolute Gasteiger partial charge is 0.276 e. The second kappa shape index (κ2) is 7.88. The van der Waals surface area contributed by atoms with Gasteiger partial charge >= 0.3 is 0 Å². The Bertz CT molecular complexity index is 933. The van der Waals surface area contributed by atoms with Crippen LogP contribution in [-0.2, 0) is 0 Å². The molecule has 3 aromatic rings. The van der Waals surface area contributed by atoms with E-state index in [0.717, 1.165) is 44.3 Å². The van der Waals surface area contributed by atoms with Gasteiger partial charge in [0.25, 0.3) is 5.91 Å². The molecule has 1 saturated heterocycles. The lowest BCUT2D eigenvalue weighted by Gasteiger charge is -2.19. The average molecular weight is 382 g/mol. The van der Waals surface area contributed by atoms with Gasteiger partial charge in [-0.05, 0) is 37.1 Å². The summed E-state index contributed by atoms with van der Waals surface area (Å²) in [4.78, 5) is 19.3. The Morgan fingerprint density at radius 1 is 1.00 bits per heavy atom. The summed E-state index contributed by atoms with van der Waals surface area (Å²) in [6.07, 6.45) is 7.77. The topological polar surface area (TPSA) is 63.9 Å². The van der Waals surface area contributed by atoms with Gasteiger partial charge in [0.05, 0.1) is 10.7 Å². The van der Waals surface area contributed by atoms with Crippen molar-refractivity contribution < 1.29 is 4.79 Å². The highest BCUT2D eigenvalue weighted by atomic mass is 35.5. The van der Waals surface area contributed by atoms with Crippen LogP contribution in [0.3, 0.4) is 0 Å². The van der Waals surface area contributed by atoms with Crippen LogP contribution in [0.1, 0.15) is 36.2 Å². The third kappa shape index (κ3) is 3.57. The molecule has 1 aromatic carbocycles. The lowest BCUT2D eigenvalue weighted by Crippen LogP contribution is -2.32. The van der Waals surface area contributed by atoms with Gasteiger partial charge in [-0.2, -0.15) is 0 Å². The molecule has 0 spiro atoms. The van der Waals surface area contributed by atoms with Gasteiger partial charge in [0, 0.05) is 31.0 Å². The number of benzene rings is 1. The van der Waals surface area contributed by atoms with Crippen molar-refractivity contribution in [3.63, 3.8) is 0 Å². The van der Waals surface area contributed by atoms with E-state index < -0.39 is 0 Å². The minimum absolute atomic E-state index is 0.0888. The van der Waals surface area contributed by atoms with E-state index in [9.17, 15) is 4.79 Å². The third-order valence-electron chi connectivity index (χ3n) is 4.78. The zero-order valence-corrected chi connectivity index (χ0v) is 15.6. The zero-order chi connectivity index (χ0) is 18.6. The number of hydrogen-bond acceptors (Lipinski definition) is 4. The van der Waals surface area contributed by atoms with Gasteiger partial charge in [-0.15, -0.1) is 5.10 Å². The number of likely N-dealkylation sites (tertiary alicyclic amines) is 1. The monoisotopic (exact) mass is 381 g/mol. The molecule has 0 saturated carbocycles. The Kier molecular flexibility index (Phi) is 5.16. The Morgan fingerprint density at radius 3 is 2.48 bits per heavy atom. The molecule has 1 fully saturated rings. The number of rotatable bonds is 3. The average Bonchev–Trinajstić information content (AvgIpc) is 2.95. The van der Waals surface area contributed by atoms with Crippen molar-refractivity contribution in [3.05, 3.63) is 59.5 Å². The Morgan fingerprint density at radius 2 is 1.78 bits per heavy atom. The predicted molar refractivity (Wildman–Crippen MR) is 104 cm³/mol. The Hall–Kier alpha value is -2.73. The molecule has 7 heteroatoms. The van der Waals surface area contributed by atoms with Crippen LogP contribution in [0.25, 0.3) is 16.9 Å². The molecule has 0 unspecified atom stereocenters. The second-order valence-corrected chi connectivity index (χ2v) is 7.01. The van der Waals surface area contributed by atoms with E-state index in [1.807, 2.05) is 35.2 Å². The predicted octanol–water partition coefficient (Wildman–Crippen LogP) is 4.00. The van der Waals surface area contributed by atoms with Gasteiger partial charge < -0.3 is 4.90 Å². The molecule has 1 aliphatic rings. The van der Waals surface area contributed by atoms with Crippen molar-refractivity contribution in [2.24, 2.45) is 0 Å². The van der Waals surface area contributed by atoms with Crippen molar-refractivity contribution in [1.29, 1.82) is 0 Å². The van der Waals surface area contributed by atoms with Gasteiger partial charge in [0.15, 0.2) is 5.69 Å². The number of pyridine rings is 1. The highest BCUT2D eigenvalue weighted by molar-refractivity contribution is 6.32. The minimum atomic E-state index is -0.0888. The van der Waals surface area contributed by atoms with E-state index in [-0.39, 0.29) is 5.91 Å². The summed E-state index contributed by atoms with van der Waals surface area (Å²) in [5, 5.41) is 9.06. The highest BCUT2D eigenvalue weighted by Crippen LogP contribution is 2.29. The van der Waals surface area contributed by atoms with Crippen molar-refractivity contribution in [3.8, 4) is 16.9 Å². The molecule has 6 nitrogen and oxygen atoms in total. The number of aromatic nitrogens is 4. The number of para-hydroxylation sites is 1. The molecule has 0 radical (unpaired) electrons. The molecule has 1 amide bonds. The van der Waals surface area contributed by atoms with E-state index in [4.69, 9.17) is 11.6 Å². The molecule has 4 rings (SSSR count). The summed E-state index contributed by atoms with van der Waals surface area (Å²) in [5.41, 5.74) is 2.41. The van der Waals surface area contributed by atoms with Crippen LogP contribution in [0.5, 0.6) is 0 Å². The van der Waals surface area contributed by atoms with Crippen molar-refractivity contribution in [2.45, 2.75) is 25.7 Å². The van der Waals surface area contributed by atoms with Crippen molar-refractivity contribution >= 4 is 17.5 Å². The largest absolute Gasteiger partial charge is 0.337 e. The Balaban J connectivity index is 1.83. The number of carbonyl (C=O) groups is 1. The van der Waals surface area contributed by atoms with Gasteiger partial charge in [-0.25, -0.2) is 4.68 Å². The van der Waals surface area contributed by atoms with Crippen LogP contribution in [-0.4, -0.2) is 43.9 Å². The fourth-order valence-electron chi connectivity index (χ4n) is 3.40. The summed E-state index contributed by atoms with van der Waals surface area (Å²) < 4.78 is 1.63. The number of hydrogen-bond donors (Lipinski definition) is 0. The maximum Gasteiger partial charge on any atom is 0.276 e. The first-order valence-corrected chi connectivity index (χ1v) is 9.54. The molecule has 27 heavy (non-hydrogen) atoms. The molecule has 0 aliphatic carbocycles. The number of halogens is 1. The van der Waals surface area contributed by atoms with Crippen LogP contribution in [0, 0.1) is 0 Å². The van der Waals surface area contributed by atoms with Crippen molar-refractivity contribution in [2.75, 3.05) is 13.1 Å². The van der Waals surface area contributed by atoms with Gasteiger partial charge in [0.2, 0.25) is 0 Å². The summed E-state index contributed by atoms with van der Waals surface area (Å²) in [7, 11) is 0. The number of carbonyl (C=O) groups excluding carboxylic acids is 1. The van der Waals surface area contributed by atoms with Crippen LogP contribution < -0.4 is 0 Å². The molecule has 0 bridgehead atoms. The van der Waals surface area contributed by atoms with E-state index in [2.05, 4.69) is 15.3 Å². The fourth-order valence-corrected chi connectivity index (χ4v) is 3.62. The zero-order valence-electron chi connectivity index (χ0n) is 14.9. The second-order valence-electron chi connectivity index (χ2n) is 6.60. The van der Waals surface area contributed by atoms with Crippen LogP contribution >= 0.6 is 11.6 Å². The van der Waals surface area contributed by atoms with Gasteiger partial charge in [-0.3, -0.25) is 9.78 Å². The van der Waals surface area contributed by atoms with E-state index in [1.165, 1.54) is 0 Å². The maximum absolute atomic E-state index is 13.2. The first-order chi connectivity index (χ1) is 13.3. The number of amides is 1. The van der Waals surface area contributed by atoms with Gasteiger partial charge in [0.1, 0.15) is 5.69 Å². The fraction of sp³-hybridized carbons (Fsp3) is 0.300. The van der Waals surface area contributed by atoms with Crippen molar-refractivity contribution in [1.82, 2.24) is 24.9 Å². The first-order valence-electron chi connectivity index (χ1n) is 9.16. The lowest BCUT2D eigenvalue weighted by molar-refractivity contribution is 0.0756. The molecule has 3 heterocycles. The maximum atomic E-state index is 13.2. The van der Waals surface area contributed by atoms with E-state index in [1.54, 1.807) is 23.1 Å². The molecule has 138 valence electrons. The van der Waals surface area contributed by atoms with Crippen LogP contribution in [0.4, 0.5) is 0 Å². The Labute approximate surface area is 162 Å². The highest BCUT2D eigenvalue weighted by Gasteiger charge is 2.27. The van der Waals surface area contributed by atoms with Crippen LogP contribution in [0.2, 0.25) is 5.02 Å². The SMILES string of the molecule is O=C(c1nnn(-c2ccccc2Cl)c1-c1cccnc1)N1CCCCCC1. The number of nitrogens with zero attached hydrogens (tertiary/aromatic N) is 5. The molecule has 2 aromatic heterocycles. The first kappa shape index (κ1) is 17.7.